The lowest BCUT2D eigenvalue weighted by Gasteiger charge is -2.12. The number of nitrogens with zero attached hydrogens (tertiary/aromatic N) is 2. The van der Waals surface area contributed by atoms with Crippen molar-refractivity contribution in [2.75, 3.05) is 5.32 Å². The van der Waals surface area contributed by atoms with Crippen molar-refractivity contribution in [3.05, 3.63) is 52.7 Å². The number of nitrogens with one attached hydrogen (secondary N) is 1. The first-order valence-corrected chi connectivity index (χ1v) is 8.70. The summed E-state index contributed by atoms with van der Waals surface area (Å²) in [5.41, 5.74) is -1.09. The van der Waals surface area contributed by atoms with Gasteiger partial charge in [0.1, 0.15) is 4.88 Å². The van der Waals surface area contributed by atoms with Gasteiger partial charge < -0.3 is 9.84 Å². The van der Waals surface area contributed by atoms with Crippen LogP contribution in [0.1, 0.15) is 40.5 Å². The predicted molar refractivity (Wildman–Crippen MR) is 89.0 cm³/mol. The van der Waals surface area contributed by atoms with Crippen molar-refractivity contribution >= 4 is 22.9 Å². The highest BCUT2D eigenvalue weighted by Crippen LogP contribution is 2.40. The van der Waals surface area contributed by atoms with Gasteiger partial charge >= 0.3 is 6.18 Å². The van der Waals surface area contributed by atoms with E-state index in [0.29, 0.717) is 22.3 Å². The fraction of sp³-hybridized carbons (Fsp3) is 0.235. The molecule has 0 radical (unpaired) electrons. The molecule has 5 nitrogen and oxygen atoms in total. The van der Waals surface area contributed by atoms with Crippen LogP contribution in [0, 0.1) is 0 Å². The average Bonchev–Trinajstić information content (AvgIpc) is 3.16. The van der Waals surface area contributed by atoms with Gasteiger partial charge in [0.25, 0.3) is 11.8 Å². The maximum atomic E-state index is 13.1. The van der Waals surface area contributed by atoms with Crippen LogP contribution in [0.3, 0.4) is 0 Å². The third kappa shape index (κ3) is 3.22. The van der Waals surface area contributed by atoms with Crippen LogP contribution in [0.4, 0.5) is 18.9 Å². The van der Waals surface area contributed by atoms with E-state index in [9.17, 15) is 18.0 Å². The number of hydrogen-bond acceptors (Lipinski definition) is 5. The topological polar surface area (TPSA) is 68.0 Å². The molecule has 0 aliphatic heterocycles. The van der Waals surface area contributed by atoms with E-state index >= 15 is 0 Å². The molecule has 1 N–H and O–H groups in total. The zero-order chi connectivity index (χ0) is 18.3. The first-order valence-electron chi connectivity index (χ1n) is 7.82. The summed E-state index contributed by atoms with van der Waals surface area (Å²) >= 11 is 1.26. The van der Waals surface area contributed by atoms with E-state index in [1.54, 1.807) is 11.4 Å². The summed E-state index contributed by atoms with van der Waals surface area (Å²) in [7, 11) is 0. The van der Waals surface area contributed by atoms with Crippen molar-refractivity contribution in [3.63, 3.8) is 0 Å². The molecule has 2 heterocycles. The maximum absolute atomic E-state index is 13.1. The van der Waals surface area contributed by atoms with Crippen molar-refractivity contribution in [1.82, 2.24) is 10.1 Å². The molecule has 0 spiro atoms. The second-order valence-corrected chi connectivity index (χ2v) is 6.81. The first-order chi connectivity index (χ1) is 12.4. The number of carbonyl (C=O) groups is 1. The van der Waals surface area contributed by atoms with Crippen molar-refractivity contribution in [3.8, 4) is 10.8 Å². The van der Waals surface area contributed by atoms with E-state index in [1.807, 2.05) is 0 Å². The monoisotopic (exact) mass is 379 g/mol. The highest BCUT2D eigenvalue weighted by atomic mass is 32.1. The Bertz CT molecular complexity index is 960. The number of aromatic nitrogens is 2. The number of amides is 1. The largest absolute Gasteiger partial charge is 0.417 e. The van der Waals surface area contributed by atoms with Crippen molar-refractivity contribution < 1.29 is 22.5 Å². The van der Waals surface area contributed by atoms with E-state index < -0.39 is 23.2 Å². The molecule has 1 amide bonds. The molecule has 26 heavy (non-hydrogen) atoms. The molecule has 0 saturated heterocycles. The number of thiophene rings is 1. The number of hydrogen-bond donors (Lipinski definition) is 1. The van der Waals surface area contributed by atoms with Crippen molar-refractivity contribution in [1.29, 1.82) is 0 Å². The van der Waals surface area contributed by atoms with Gasteiger partial charge in [-0.05, 0) is 36.4 Å². The van der Waals surface area contributed by atoms with Gasteiger partial charge in [-0.25, -0.2) is 0 Å². The molecule has 3 aromatic rings. The molecular formula is C17H12F3N3O2S. The summed E-state index contributed by atoms with van der Waals surface area (Å²) in [5.74, 6) is 0.332. The van der Waals surface area contributed by atoms with E-state index in [1.165, 1.54) is 23.5 Å². The Morgan fingerprint density at radius 3 is 2.73 bits per heavy atom. The smallest absolute Gasteiger partial charge is 0.333 e. The molecule has 0 unspecified atom stereocenters. The van der Waals surface area contributed by atoms with Gasteiger partial charge in [-0.15, -0.1) is 11.3 Å². The first kappa shape index (κ1) is 16.8. The van der Waals surface area contributed by atoms with Crippen LogP contribution in [0.25, 0.3) is 10.8 Å². The predicted octanol–water partition coefficient (Wildman–Crippen LogP) is 4.95. The third-order valence-electron chi connectivity index (χ3n) is 3.97. The number of alkyl halides is 3. The van der Waals surface area contributed by atoms with Crippen LogP contribution in [-0.2, 0) is 6.18 Å². The zero-order valence-electron chi connectivity index (χ0n) is 13.2. The van der Waals surface area contributed by atoms with E-state index in [-0.39, 0.29) is 5.89 Å². The molecule has 9 heteroatoms. The van der Waals surface area contributed by atoms with Crippen LogP contribution in [0.2, 0.25) is 0 Å². The fourth-order valence-corrected chi connectivity index (χ4v) is 3.30. The number of benzene rings is 1. The Kier molecular flexibility index (Phi) is 4.03. The number of anilines is 1. The van der Waals surface area contributed by atoms with Gasteiger partial charge in [0, 0.05) is 5.92 Å². The third-order valence-corrected chi connectivity index (χ3v) is 4.87. The molecule has 2 aromatic heterocycles. The number of halogens is 3. The number of rotatable bonds is 4. The highest BCUT2D eigenvalue weighted by molar-refractivity contribution is 7.14. The summed E-state index contributed by atoms with van der Waals surface area (Å²) in [4.78, 5) is 17.2. The van der Waals surface area contributed by atoms with Gasteiger partial charge in [0.05, 0.1) is 16.8 Å². The van der Waals surface area contributed by atoms with E-state index in [0.717, 1.165) is 25.0 Å². The maximum Gasteiger partial charge on any atom is 0.417 e. The minimum Gasteiger partial charge on any atom is -0.333 e. The average molecular weight is 379 g/mol. The standard InChI is InChI=1S/C17H12F3N3O2S/c18-17(19,20)11-4-2-1-3-10(11)15(24)21-12-7-8-26-13(12)16-22-14(23-25-16)9-5-6-9/h1-4,7-9H,5-6H2,(H,21,24). The Morgan fingerprint density at radius 1 is 1.23 bits per heavy atom. The van der Waals surface area contributed by atoms with Crippen molar-refractivity contribution in [2.24, 2.45) is 0 Å². The number of carbonyl (C=O) groups excluding carboxylic acids is 1. The lowest BCUT2D eigenvalue weighted by atomic mass is 10.1. The molecule has 4 rings (SSSR count). The molecule has 1 aromatic carbocycles. The van der Waals surface area contributed by atoms with E-state index in [2.05, 4.69) is 15.5 Å². The van der Waals surface area contributed by atoms with Crippen LogP contribution in [-0.4, -0.2) is 16.0 Å². The normalized spacial score (nSPS) is 14.4. The molecule has 134 valence electrons. The Hall–Kier alpha value is -2.68. The van der Waals surface area contributed by atoms with Gasteiger partial charge in [-0.3, -0.25) is 4.79 Å². The molecule has 1 aliphatic carbocycles. The molecule has 0 bridgehead atoms. The second kappa shape index (κ2) is 6.24. The summed E-state index contributed by atoms with van der Waals surface area (Å²) in [6, 6.07) is 6.24. The Balaban J connectivity index is 1.61. The fourth-order valence-electron chi connectivity index (χ4n) is 2.53. The summed E-state index contributed by atoms with van der Waals surface area (Å²) < 4.78 is 44.5. The minimum atomic E-state index is -4.61. The minimum absolute atomic E-state index is 0.251. The lowest BCUT2D eigenvalue weighted by Crippen LogP contribution is -2.18. The van der Waals surface area contributed by atoms with Gasteiger partial charge in [0.15, 0.2) is 5.82 Å². The SMILES string of the molecule is O=C(Nc1ccsc1-c1nc(C2CC2)no1)c1ccccc1C(F)(F)F. The summed E-state index contributed by atoms with van der Waals surface area (Å²) in [6.45, 7) is 0. The Labute approximate surface area is 149 Å². The van der Waals surface area contributed by atoms with Crippen LogP contribution < -0.4 is 5.32 Å². The molecule has 0 atom stereocenters. The van der Waals surface area contributed by atoms with Gasteiger partial charge in [0.2, 0.25) is 0 Å². The second-order valence-electron chi connectivity index (χ2n) is 5.89. The quantitative estimate of drug-likeness (QED) is 0.697. The van der Waals surface area contributed by atoms with Crippen molar-refractivity contribution in [2.45, 2.75) is 24.9 Å². The lowest BCUT2D eigenvalue weighted by molar-refractivity contribution is -0.137. The zero-order valence-corrected chi connectivity index (χ0v) is 14.0. The molecule has 1 saturated carbocycles. The van der Waals surface area contributed by atoms with Crippen LogP contribution in [0.5, 0.6) is 0 Å². The van der Waals surface area contributed by atoms with Crippen LogP contribution in [0.15, 0.2) is 40.2 Å². The molecule has 1 fully saturated rings. The summed E-state index contributed by atoms with van der Waals surface area (Å²) in [6.07, 6.45) is -2.58. The van der Waals surface area contributed by atoms with E-state index in [4.69, 9.17) is 4.52 Å². The molecule has 1 aliphatic rings. The molecular weight excluding hydrogens is 367 g/mol. The highest BCUT2D eigenvalue weighted by Gasteiger charge is 2.35. The van der Waals surface area contributed by atoms with Gasteiger partial charge in [-0.2, -0.15) is 18.2 Å². The Morgan fingerprint density at radius 2 is 2.00 bits per heavy atom. The van der Waals surface area contributed by atoms with Gasteiger partial charge in [-0.1, -0.05) is 17.3 Å². The van der Waals surface area contributed by atoms with Crippen LogP contribution >= 0.6 is 11.3 Å². The summed E-state index contributed by atoms with van der Waals surface area (Å²) in [5, 5.41) is 8.13.